The Morgan fingerprint density at radius 1 is 1.24 bits per heavy atom. The van der Waals surface area contributed by atoms with E-state index < -0.39 is 0 Å². The molecule has 1 heterocycles. The zero-order chi connectivity index (χ0) is 12.1. The van der Waals surface area contributed by atoms with Crippen LogP contribution < -0.4 is 0 Å². The summed E-state index contributed by atoms with van der Waals surface area (Å²) >= 11 is 0. The van der Waals surface area contributed by atoms with Crippen LogP contribution in [0.4, 0.5) is 0 Å². The van der Waals surface area contributed by atoms with Gasteiger partial charge in [-0.3, -0.25) is 4.90 Å². The molecule has 94 valence electrons. The van der Waals surface area contributed by atoms with Crippen molar-refractivity contribution in [3.63, 3.8) is 0 Å². The molecule has 0 N–H and O–H groups in total. The molecule has 0 spiro atoms. The van der Waals surface area contributed by atoms with Gasteiger partial charge in [-0.25, -0.2) is 0 Å². The van der Waals surface area contributed by atoms with Crippen LogP contribution in [-0.2, 0) is 6.54 Å². The van der Waals surface area contributed by atoms with Crippen molar-refractivity contribution in [2.75, 3.05) is 6.54 Å². The van der Waals surface area contributed by atoms with Gasteiger partial charge >= 0.3 is 0 Å². The normalized spacial score (nSPS) is 26.0. The van der Waals surface area contributed by atoms with Gasteiger partial charge in [-0.05, 0) is 37.3 Å². The zero-order valence-corrected chi connectivity index (χ0v) is 11.2. The quantitative estimate of drug-likeness (QED) is 0.754. The van der Waals surface area contributed by atoms with E-state index in [4.69, 9.17) is 0 Å². The molecule has 0 amide bonds. The molecule has 2 rings (SSSR count). The lowest BCUT2D eigenvalue weighted by Gasteiger charge is -2.40. The number of piperidine rings is 1. The molecule has 0 bridgehead atoms. The summed E-state index contributed by atoms with van der Waals surface area (Å²) in [6.07, 6.45) is 5.44. The van der Waals surface area contributed by atoms with E-state index in [-0.39, 0.29) is 0 Å². The Bertz CT molecular complexity index is 320. The fourth-order valence-corrected chi connectivity index (χ4v) is 3.11. The van der Waals surface area contributed by atoms with E-state index in [0.29, 0.717) is 0 Å². The van der Waals surface area contributed by atoms with Gasteiger partial charge in [0.05, 0.1) is 0 Å². The highest BCUT2D eigenvalue weighted by molar-refractivity contribution is 5.14. The second-order valence-electron chi connectivity index (χ2n) is 5.43. The van der Waals surface area contributed by atoms with Gasteiger partial charge in [0.2, 0.25) is 0 Å². The van der Waals surface area contributed by atoms with Crippen molar-refractivity contribution in [1.82, 2.24) is 4.90 Å². The first-order valence-corrected chi connectivity index (χ1v) is 7.09. The maximum Gasteiger partial charge on any atom is 0.0236 e. The van der Waals surface area contributed by atoms with E-state index in [2.05, 4.69) is 49.1 Å². The molecule has 1 aromatic carbocycles. The minimum atomic E-state index is 0.800. The molecule has 17 heavy (non-hydrogen) atoms. The summed E-state index contributed by atoms with van der Waals surface area (Å²) in [5.74, 6) is 0.868. The number of likely N-dealkylation sites (tertiary alicyclic amines) is 1. The predicted molar refractivity (Wildman–Crippen MR) is 73.9 cm³/mol. The zero-order valence-electron chi connectivity index (χ0n) is 11.2. The van der Waals surface area contributed by atoms with E-state index in [1.165, 1.54) is 37.8 Å². The van der Waals surface area contributed by atoms with Crippen molar-refractivity contribution < 1.29 is 0 Å². The van der Waals surface area contributed by atoms with E-state index in [0.717, 1.165) is 18.5 Å². The lowest BCUT2D eigenvalue weighted by Crippen LogP contribution is -2.43. The predicted octanol–water partition coefficient (Wildman–Crippen LogP) is 4.09. The molecule has 1 aliphatic rings. The first kappa shape index (κ1) is 12.6. The maximum atomic E-state index is 2.70. The van der Waals surface area contributed by atoms with Gasteiger partial charge in [0.25, 0.3) is 0 Å². The average molecular weight is 231 g/mol. The molecular weight excluding hydrogens is 206 g/mol. The number of nitrogens with zero attached hydrogens (tertiary/aromatic N) is 1. The second kappa shape index (κ2) is 6.20. The third-order valence-corrected chi connectivity index (χ3v) is 4.04. The highest BCUT2D eigenvalue weighted by Crippen LogP contribution is 2.27. The van der Waals surface area contributed by atoms with E-state index >= 15 is 0 Å². The number of hydrogen-bond donors (Lipinski definition) is 0. The largest absolute Gasteiger partial charge is 0.296 e. The molecule has 1 nitrogen and oxygen atoms in total. The number of hydrogen-bond acceptors (Lipinski definition) is 1. The first-order valence-electron chi connectivity index (χ1n) is 7.09. The lowest BCUT2D eigenvalue weighted by atomic mass is 9.87. The number of benzene rings is 1. The van der Waals surface area contributed by atoms with E-state index in [1.54, 1.807) is 0 Å². The van der Waals surface area contributed by atoms with Gasteiger partial charge in [-0.2, -0.15) is 0 Å². The minimum Gasteiger partial charge on any atom is -0.296 e. The molecule has 1 aromatic rings. The summed E-state index contributed by atoms with van der Waals surface area (Å²) in [7, 11) is 0. The molecule has 0 saturated carbocycles. The summed E-state index contributed by atoms with van der Waals surface area (Å²) in [6, 6.07) is 11.7. The molecule has 0 aromatic heterocycles. The molecule has 0 unspecified atom stereocenters. The van der Waals surface area contributed by atoms with Crippen LogP contribution in [0.3, 0.4) is 0 Å². The topological polar surface area (TPSA) is 3.24 Å². The van der Waals surface area contributed by atoms with Crippen LogP contribution in [0.5, 0.6) is 0 Å². The highest BCUT2D eigenvalue weighted by Gasteiger charge is 2.27. The molecule has 0 aliphatic carbocycles. The van der Waals surface area contributed by atoms with Crippen molar-refractivity contribution in [1.29, 1.82) is 0 Å². The third kappa shape index (κ3) is 3.32. The molecule has 0 radical (unpaired) electrons. The summed E-state index contributed by atoms with van der Waals surface area (Å²) in [5.41, 5.74) is 1.46. The van der Waals surface area contributed by atoms with Crippen LogP contribution in [0.15, 0.2) is 30.3 Å². The Morgan fingerprint density at radius 3 is 2.71 bits per heavy atom. The fourth-order valence-electron chi connectivity index (χ4n) is 3.11. The Kier molecular flexibility index (Phi) is 4.61. The molecule has 1 heteroatoms. The lowest BCUT2D eigenvalue weighted by molar-refractivity contribution is 0.0863. The first-order chi connectivity index (χ1) is 8.31. The molecule has 1 fully saturated rings. The van der Waals surface area contributed by atoms with Gasteiger partial charge in [-0.1, -0.05) is 50.6 Å². The van der Waals surface area contributed by atoms with Crippen LogP contribution in [-0.4, -0.2) is 17.5 Å². The highest BCUT2D eigenvalue weighted by atomic mass is 15.2. The minimum absolute atomic E-state index is 0.800. The standard InChI is InChI=1S/C16H25N/c1-3-8-16-14(2)9-7-12-17(16)13-15-10-5-4-6-11-15/h4-6,10-11,14,16H,3,7-9,12-13H2,1-2H3/t14-,16+/m0/s1. The van der Waals surface area contributed by atoms with Crippen LogP contribution in [0, 0.1) is 5.92 Å². The van der Waals surface area contributed by atoms with Crippen molar-refractivity contribution in [3.8, 4) is 0 Å². The smallest absolute Gasteiger partial charge is 0.0236 e. The summed E-state index contributed by atoms with van der Waals surface area (Å²) in [6.45, 7) is 7.15. The molecule has 1 saturated heterocycles. The van der Waals surface area contributed by atoms with Crippen LogP contribution in [0.2, 0.25) is 0 Å². The summed E-state index contributed by atoms with van der Waals surface area (Å²) < 4.78 is 0. The monoisotopic (exact) mass is 231 g/mol. The van der Waals surface area contributed by atoms with Gasteiger partial charge < -0.3 is 0 Å². The van der Waals surface area contributed by atoms with Crippen molar-refractivity contribution in [3.05, 3.63) is 35.9 Å². The Morgan fingerprint density at radius 2 is 2.00 bits per heavy atom. The van der Waals surface area contributed by atoms with Crippen molar-refractivity contribution >= 4 is 0 Å². The van der Waals surface area contributed by atoms with E-state index in [9.17, 15) is 0 Å². The van der Waals surface area contributed by atoms with Gasteiger partial charge in [0.15, 0.2) is 0 Å². The Balaban J connectivity index is 2.02. The number of rotatable bonds is 4. The summed E-state index contributed by atoms with van der Waals surface area (Å²) in [5, 5.41) is 0. The SMILES string of the molecule is CCC[C@@H]1[C@@H](C)CCCN1Cc1ccccc1. The van der Waals surface area contributed by atoms with Crippen LogP contribution in [0.1, 0.15) is 45.1 Å². The van der Waals surface area contributed by atoms with Gasteiger partial charge in [-0.15, -0.1) is 0 Å². The van der Waals surface area contributed by atoms with Crippen molar-refractivity contribution in [2.45, 2.75) is 52.1 Å². The fraction of sp³-hybridized carbons (Fsp3) is 0.625. The Hall–Kier alpha value is -0.820. The Labute approximate surface area is 106 Å². The average Bonchev–Trinajstić information content (AvgIpc) is 2.35. The van der Waals surface area contributed by atoms with Crippen LogP contribution in [0.25, 0.3) is 0 Å². The summed E-state index contributed by atoms with van der Waals surface area (Å²) in [4.78, 5) is 2.70. The van der Waals surface area contributed by atoms with Gasteiger partial charge in [0, 0.05) is 12.6 Å². The van der Waals surface area contributed by atoms with E-state index in [1.807, 2.05) is 0 Å². The molecular formula is C16H25N. The third-order valence-electron chi connectivity index (χ3n) is 4.04. The van der Waals surface area contributed by atoms with Crippen LogP contribution >= 0.6 is 0 Å². The second-order valence-corrected chi connectivity index (χ2v) is 5.43. The van der Waals surface area contributed by atoms with Crippen molar-refractivity contribution in [2.24, 2.45) is 5.92 Å². The molecule has 2 atom stereocenters. The molecule has 1 aliphatic heterocycles. The van der Waals surface area contributed by atoms with Gasteiger partial charge in [0.1, 0.15) is 0 Å². The maximum absolute atomic E-state index is 2.70.